The summed E-state index contributed by atoms with van der Waals surface area (Å²) in [5.41, 5.74) is -0.884. The molecule has 0 unspecified atom stereocenters. The van der Waals surface area contributed by atoms with Crippen LogP contribution in [0.25, 0.3) is 0 Å². The van der Waals surface area contributed by atoms with Crippen molar-refractivity contribution in [2.75, 3.05) is 0 Å². The number of hydrogen-bond acceptors (Lipinski definition) is 2. The van der Waals surface area contributed by atoms with E-state index in [0.717, 1.165) is 25.7 Å². The van der Waals surface area contributed by atoms with Gasteiger partial charge in [-0.05, 0) is 32.1 Å². The summed E-state index contributed by atoms with van der Waals surface area (Å²) in [6, 6.07) is 0. The molecule has 0 radical (unpaired) electrons. The number of rotatable bonds is 4. The SMILES string of the molecule is CCCCC(=O)NC1(O)CCCC1. The van der Waals surface area contributed by atoms with Crippen LogP contribution in [0.2, 0.25) is 0 Å². The van der Waals surface area contributed by atoms with Crippen molar-refractivity contribution < 1.29 is 9.90 Å². The van der Waals surface area contributed by atoms with Gasteiger partial charge in [0, 0.05) is 6.42 Å². The predicted molar refractivity (Wildman–Crippen MR) is 51.1 cm³/mol. The van der Waals surface area contributed by atoms with Gasteiger partial charge in [0.2, 0.25) is 5.91 Å². The van der Waals surface area contributed by atoms with Crippen molar-refractivity contribution in [1.82, 2.24) is 5.32 Å². The molecule has 13 heavy (non-hydrogen) atoms. The Morgan fingerprint density at radius 1 is 1.46 bits per heavy atom. The van der Waals surface area contributed by atoms with E-state index in [1.807, 2.05) is 0 Å². The Kier molecular flexibility index (Phi) is 3.72. The molecule has 76 valence electrons. The number of hydrogen-bond donors (Lipinski definition) is 2. The summed E-state index contributed by atoms with van der Waals surface area (Å²) >= 11 is 0. The number of amides is 1. The number of carbonyl (C=O) groups is 1. The van der Waals surface area contributed by atoms with E-state index in [1.54, 1.807) is 0 Å². The van der Waals surface area contributed by atoms with Crippen molar-refractivity contribution in [2.45, 2.75) is 57.6 Å². The highest BCUT2D eigenvalue weighted by atomic mass is 16.3. The molecule has 3 nitrogen and oxygen atoms in total. The fraction of sp³-hybridized carbons (Fsp3) is 0.900. The fourth-order valence-corrected chi connectivity index (χ4v) is 1.74. The Morgan fingerprint density at radius 3 is 2.62 bits per heavy atom. The number of nitrogens with one attached hydrogen (secondary N) is 1. The van der Waals surface area contributed by atoms with E-state index in [1.165, 1.54) is 0 Å². The molecule has 0 heterocycles. The lowest BCUT2D eigenvalue weighted by Crippen LogP contribution is -2.45. The summed E-state index contributed by atoms with van der Waals surface area (Å²) in [5.74, 6) is -0.00810. The van der Waals surface area contributed by atoms with Crippen LogP contribution in [0.15, 0.2) is 0 Å². The zero-order valence-electron chi connectivity index (χ0n) is 8.31. The molecular formula is C10H19NO2. The molecule has 1 rings (SSSR count). The zero-order valence-corrected chi connectivity index (χ0v) is 8.31. The number of carbonyl (C=O) groups excluding carboxylic acids is 1. The van der Waals surface area contributed by atoms with Gasteiger partial charge in [0.1, 0.15) is 5.72 Å². The molecule has 3 heteroatoms. The van der Waals surface area contributed by atoms with E-state index in [2.05, 4.69) is 12.2 Å². The average Bonchev–Trinajstić information content (AvgIpc) is 2.48. The highest BCUT2D eigenvalue weighted by molar-refractivity contribution is 5.76. The van der Waals surface area contributed by atoms with Gasteiger partial charge >= 0.3 is 0 Å². The van der Waals surface area contributed by atoms with Crippen molar-refractivity contribution in [3.63, 3.8) is 0 Å². The van der Waals surface area contributed by atoms with Crippen LogP contribution >= 0.6 is 0 Å². The van der Waals surface area contributed by atoms with Gasteiger partial charge in [-0.15, -0.1) is 0 Å². The van der Waals surface area contributed by atoms with Crippen LogP contribution in [-0.4, -0.2) is 16.7 Å². The maximum absolute atomic E-state index is 11.3. The van der Waals surface area contributed by atoms with E-state index in [0.29, 0.717) is 19.3 Å². The quantitative estimate of drug-likeness (QED) is 0.653. The van der Waals surface area contributed by atoms with Crippen LogP contribution in [0.1, 0.15) is 51.9 Å². The fourth-order valence-electron chi connectivity index (χ4n) is 1.74. The molecule has 0 spiro atoms. The van der Waals surface area contributed by atoms with Crippen molar-refractivity contribution >= 4 is 5.91 Å². The normalized spacial score (nSPS) is 20.2. The third-order valence-electron chi connectivity index (χ3n) is 2.56. The third-order valence-corrected chi connectivity index (χ3v) is 2.56. The summed E-state index contributed by atoms with van der Waals surface area (Å²) in [6.07, 6.45) is 5.93. The van der Waals surface area contributed by atoms with Gasteiger partial charge in [-0.25, -0.2) is 0 Å². The highest BCUT2D eigenvalue weighted by Gasteiger charge is 2.31. The predicted octanol–water partition coefficient (Wildman–Crippen LogP) is 1.56. The Balaban J connectivity index is 2.26. The first kappa shape index (κ1) is 10.5. The summed E-state index contributed by atoms with van der Waals surface area (Å²) < 4.78 is 0. The van der Waals surface area contributed by atoms with Crippen LogP contribution in [-0.2, 0) is 4.79 Å². The van der Waals surface area contributed by atoms with Gasteiger partial charge in [0.05, 0.1) is 0 Å². The summed E-state index contributed by atoms with van der Waals surface area (Å²) in [5, 5.41) is 12.5. The summed E-state index contributed by atoms with van der Waals surface area (Å²) in [7, 11) is 0. The smallest absolute Gasteiger partial charge is 0.222 e. The van der Waals surface area contributed by atoms with Crippen LogP contribution < -0.4 is 5.32 Å². The molecule has 0 saturated heterocycles. The van der Waals surface area contributed by atoms with E-state index >= 15 is 0 Å². The van der Waals surface area contributed by atoms with Gasteiger partial charge in [0.15, 0.2) is 0 Å². The van der Waals surface area contributed by atoms with E-state index in [9.17, 15) is 9.90 Å². The molecule has 0 bridgehead atoms. The van der Waals surface area contributed by atoms with Gasteiger partial charge in [-0.3, -0.25) is 4.79 Å². The monoisotopic (exact) mass is 185 g/mol. The first-order chi connectivity index (χ1) is 6.16. The van der Waals surface area contributed by atoms with Crippen molar-refractivity contribution in [2.24, 2.45) is 0 Å². The Morgan fingerprint density at radius 2 is 2.08 bits per heavy atom. The standard InChI is InChI=1S/C10H19NO2/c1-2-3-6-9(12)11-10(13)7-4-5-8-10/h13H,2-8H2,1H3,(H,11,12). The summed E-state index contributed by atoms with van der Waals surface area (Å²) in [4.78, 5) is 11.3. The van der Waals surface area contributed by atoms with E-state index in [-0.39, 0.29) is 5.91 Å². The summed E-state index contributed by atoms with van der Waals surface area (Å²) in [6.45, 7) is 2.05. The Hall–Kier alpha value is -0.570. The Bertz CT molecular complexity index is 174. The van der Waals surface area contributed by atoms with Crippen LogP contribution in [0.5, 0.6) is 0 Å². The van der Waals surface area contributed by atoms with Gasteiger partial charge in [0.25, 0.3) is 0 Å². The zero-order chi connectivity index (χ0) is 9.73. The molecule has 1 saturated carbocycles. The molecule has 0 atom stereocenters. The average molecular weight is 185 g/mol. The van der Waals surface area contributed by atoms with E-state index in [4.69, 9.17) is 0 Å². The lowest BCUT2D eigenvalue weighted by Gasteiger charge is -2.23. The van der Waals surface area contributed by atoms with Gasteiger partial charge < -0.3 is 10.4 Å². The second-order valence-corrected chi connectivity index (χ2v) is 3.89. The lowest BCUT2D eigenvalue weighted by molar-refractivity contribution is -0.128. The van der Waals surface area contributed by atoms with Gasteiger partial charge in [-0.2, -0.15) is 0 Å². The lowest BCUT2D eigenvalue weighted by atomic mass is 10.1. The largest absolute Gasteiger partial charge is 0.371 e. The molecule has 1 aliphatic rings. The minimum Gasteiger partial charge on any atom is -0.371 e. The molecule has 0 aromatic rings. The van der Waals surface area contributed by atoms with Crippen molar-refractivity contribution in [3.05, 3.63) is 0 Å². The molecule has 1 fully saturated rings. The minimum atomic E-state index is -0.884. The first-order valence-corrected chi connectivity index (χ1v) is 5.20. The first-order valence-electron chi connectivity index (χ1n) is 5.20. The molecule has 1 amide bonds. The number of aliphatic hydroxyl groups is 1. The molecule has 1 aliphatic carbocycles. The third kappa shape index (κ3) is 3.35. The topological polar surface area (TPSA) is 49.3 Å². The minimum absolute atomic E-state index is 0.00810. The van der Waals surface area contributed by atoms with Crippen LogP contribution in [0.4, 0.5) is 0 Å². The molecule has 2 N–H and O–H groups in total. The Labute approximate surface area is 79.5 Å². The highest BCUT2D eigenvalue weighted by Crippen LogP contribution is 2.26. The van der Waals surface area contributed by atoms with Crippen LogP contribution in [0, 0.1) is 0 Å². The molecule has 0 aromatic heterocycles. The second kappa shape index (κ2) is 4.61. The van der Waals surface area contributed by atoms with Crippen LogP contribution in [0.3, 0.4) is 0 Å². The van der Waals surface area contributed by atoms with Crippen molar-refractivity contribution in [1.29, 1.82) is 0 Å². The second-order valence-electron chi connectivity index (χ2n) is 3.89. The molecule has 0 aliphatic heterocycles. The maximum atomic E-state index is 11.3. The van der Waals surface area contributed by atoms with Crippen molar-refractivity contribution in [3.8, 4) is 0 Å². The molecular weight excluding hydrogens is 166 g/mol. The van der Waals surface area contributed by atoms with E-state index < -0.39 is 5.72 Å². The van der Waals surface area contributed by atoms with Gasteiger partial charge in [-0.1, -0.05) is 13.3 Å². The molecule has 0 aromatic carbocycles. The maximum Gasteiger partial charge on any atom is 0.222 e. The number of unbranched alkanes of at least 4 members (excludes halogenated alkanes) is 1.